The molecule has 0 spiro atoms. The highest BCUT2D eigenvalue weighted by Crippen LogP contribution is 2.54. The van der Waals surface area contributed by atoms with E-state index >= 15 is 0 Å². The van der Waals surface area contributed by atoms with Gasteiger partial charge >= 0.3 is 0 Å². The quantitative estimate of drug-likeness (QED) is 0.562. The Kier molecular flexibility index (Phi) is 2.80. The Bertz CT molecular complexity index is 747. The summed E-state index contributed by atoms with van der Waals surface area (Å²) in [6, 6.07) is 17.3. The number of fused-ring (bicyclic) bond motifs is 3. The first-order valence-electron chi connectivity index (χ1n) is 7.15. The topological polar surface area (TPSA) is 0 Å². The third-order valence-electron chi connectivity index (χ3n) is 4.49. The molecule has 0 N–H and O–H groups in total. The van der Waals surface area contributed by atoms with Gasteiger partial charge in [0.25, 0.3) is 0 Å². The lowest BCUT2D eigenvalue weighted by atomic mass is 9.70. The van der Waals surface area contributed by atoms with E-state index in [4.69, 9.17) is 0 Å². The van der Waals surface area contributed by atoms with Crippen LogP contribution in [0, 0.1) is 0 Å². The molecule has 2 aromatic carbocycles. The van der Waals surface area contributed by atoms with Gasteiger partial charge in [0, 0.05) is 5.92 Å². The van der Waals surface area contributed by atoms with E-state index in [2.05, 4.69) is 95.3 Å². The number of allylic oxidation sites excluding steroid dienone is 5. The van der Waals surface area contributed by atoms with Gasteiger partial charge in [-0.1, -0.05) is 95.3 Å². The highest BCUT2D eigenvalue weighted by atomic mass is 79.9. The van der Waals surface area contributed by atoms with Crippen molar-refractivity contribution in [3.63, 3.8) is 0 Å². The number of alkyl halides is 1. The predicted molar refractivity (Wildman–Crippen MR) is 91.9 cm³/mol. The fraction of sp³-hybridized carbons (Fsp3) is 0.100. The van der Waals surface area contributed by atoms with E-state index in [0.717, 1.165) is 5.57 Å². The van der Waals surface area contributed by atoms with Gasteiger partial charge in [-0.05, 0) is 27.8 Å². The van der Waals surface area contributed by atoms with Crippen LogP contribution in [0.15, 0.2) is 85.0 Å². The summed E-state index contributed by atoms with van der Waals surface area (Å²) in [6.07, 6.45) is 8.60. The Labute approximate surface area is 133 Å². The van der Waals surface area contributed by atoms with Crippen LogP contribution in [0.4, 0.5) is 0 Å². The summed E-state index contributed by atoms with van der Waals surface area (Å²) in [7, 11) is 0. The summed E-state index contributed by atoms with van der Waals surface area (Å²) in [5, 5.41) is 0. The molecule has 0 nitrogen and oxygen atoms in total. The molecule has 2 aromatic rings. The molecule has 2 aliphatic carbocycles. The van der Waals surface area contributed by atoms with E-state index < -0.39 is 0 Å². The third kappa shape index (κ3) is 1.67. The highest BCUT2D eigenvalue weighted by Gasteiger charge is 2.42. The van der Waals surface area contributed by atoms with Crippen molar-refractivity contribution in [1.29, 1.82) is 0 Å². The highest BCUT2D eigenvalue weighted by molar-refractivity contribution is 9.10. The normalized spacial score (nSPS) is 28.8. The van der Waals surface area contributed by atoms with E-state index in [1.54, 1.807) is 0 Å². The van der Waals surface area contributed by atoms with Crippen molar-refractivity contribution < 1.29 is 0 Å². The molecule has 0 atom stereocenters. The standard InChI is InChI=1S/C20H15Br/c1-14-8-2-3-9-15-16-10-4-6-12-18(16)20(14,21)19-13-7-5-11-17(15)19/h2-13,15H,1H2/b8-2-,9-3-. The van der Waals surface area contributed by atoms with Crippen molar-refractivity contribution >= 4 is 15.9 Å². The largest absolute Gasteiger partial charge is 0.100 e. The molecule has 21 heavy (non-hydrogen) atoms. The molecular weight excluding hydrogens is 320 g/mol. The smallest absolute Gasteiger partial charge is 0.0937 e. The van der Waals surface area contributed by atoms with Crippen molar-refractivity contribution in [2.45, 2.75) is 10.2 Å². The summed E-state index contributed by atoms with van der Waals surface area (Å²) < 4.78 is -0.334. The van der Waals surface area contributed by atoms with E-state index in [0.29, 0.717) is 5.92 Å². The van der Waals surface area contributed by atoms with Crippen LogP contribution in [-0.2, 0) is 4.32 Å². The van der Waals surface area contributed by atoms with Crippen LogP contribution in [0.3, 0.4) is 0 Å². The Balaban J connectivity index is 2.17. The van der Waals surface area contributed by atoms with Gasteiger partial charge in [0.15, 0.2) is 0 Å². The lowest BCUT2D eigenvalue weighted by Gasteiger charge is -2.39. The first-order chi connectivity index (χ1) is 10.2. The van der Waals surface area contributed by atoms with Gasteiger partial charge in [-0.2, -0.15) is 0 Å². The second-order valence-electron chi connectivity index (χ2n) is 5.58. The maximum Gasteiger partial charge on any atom is 0.100 e. The predicted octanol–water partition coefficient (Wildman–Crippen LogP) is 5.45. The third-order valence-corrected chi connectivity index (χ3v) is 5.85. The molecule has 0 fully saturated rings. The molecule has 0 saturated heterocycles. The SMILES string of the molecule is C=C1/C=C\C=C/C2c3ccccc3C1(Br)c1ccccc12. The molecule has 4 rings (SSSR count). The van der Waals surface area contributed by atoms with Crippen LogP contribution in [0.25, 0.3) is 0 Å². The molecule has 2 bridgehead atoms. The maximum atomic E-state index is 4.34. The zero-order chi connectivity index (χ0) is 14.4. The minimum Gasteiger partial charge on any atom is -0.0937 e. The van der Waals surface area contributed by atoms with Gasteiger partial charge in [-0.25, -0.2) is 0 Å². The Hall–Kier alpha value is -1.86. The van der Waals surface area contributed by atoms with Crippen LogP contribution in [0.2, 0.25) is 0 Å². The summed E-state index contributed by atoms with van der Waals surface area (Å²) in [5.74, 6) is 0.304. The second-order valence-corrected chi connectivity index (χ2v) is 6.77. The van der Waals surface area contributed by atoms with Crippen molar-refractivity contribution in [3.05, 3.63) is 107 Å². The minimum atomic E-state index is -0.334. The molecule has 0 radical (unpaired) electrons. The number of halogens is 1. The zero-order valence-corrected chi connectivity index (χ0v) is 13.2. The molecule has 1 heteroatoms. The first-order valence-corrected chi connectivity index (χ1v) is 7.94. The number of rotatable bonds is 0. The van der Waals surface area contributed by atoms with Crippen LogP contribution in [0.5, 0.6) is 0 Å². The number of hydrogen-bond acceptors (Lipinski definition) is 0. The van der Waals surface area contributed by atoms with Crippen molar-refractivity contribution in [2.24, 2.45) is 0 Å². The molecule has 0 saturated carbocycles. The Morgan fingerprint density at radius 1 is 0.857 bits per heavy atom. The Morgan fingerprint density at radius 3 is 2.05 bits per heavy atom. The van der Waals surface area contributed by atoms with Gasteiger partial charge in [0.2, 0.25) is 0 Å². The van der Waals surface area contributed by atoms with Gasteiger partial charge < -0.3 is 0 Å². The van der Waals surface area contributed by atoms with Crippen LogP contribution < -0.4 is 0 Å². The molecule has 102 valence electrons. The van der Waals surface area contributed by atoms with Gasteiger partial charge in [0.1, 0.15) is 4.32 Å². The molecule has 2 aliphatic rings. The zero-order valence-electron chi connectivity index (χ0n) is 11.6. The number of hydrogen-bond donors (Lipinski definition) is 0. The van der Waals surface area contributed by atoms with Crippen LogP contribution in [-0.4, -0.2) is 0 Å². The van der Waals surface area contributed by atoms with Gasteiger partial charge in [-0.3, -0.25) is 0 Å². The molecule has 0 aromatic heterocycles. The van der Waals surface area contributed by atoms with Crippen molar-refractivity contribution in [1.82, 2.24) is 0 Å². The lowest BCUT2D eigenvalue weighted by molar-refractivity contribution is 0.806. The van der Waals surface area contributed by atoms with E-state index in [-0.39, 0.29) is 4.32 Å². The molecule has 0 aliphatic heterocycles. The fourth-order valence-corrected chi connectivity index (χ4v) is 4.35. The lowest BCUT2D eigenvalue weighted by Crippen LogP contribution is -2.30. The minimum absolute atomic E-state index is 0.304. The fourth-order valence-electron chi connectivity index (χ4n) is 3.49. The van der Waals surface area contributed by atoms with Crippen molar-refractivity contribution in [2.75, 3.05) is 0 Å². The second kappa shape index (κ2) is 4.57. The summed E-state index contributed by atoms with van der Waals surface area (Å²) in [5.41, 5.74) is 6.38. The summed E-state index contributed by atoms with van der Waals surface area (Å²) in [4.78, 5) is 0. The van der Waals surface area contributed by atoms with E-state index in [1.165, 1.54) is 22.3 Å². The first kappa shape index (κ1) is 12.8. The maximum absolute atomic E-state index is 4.34. The molecule has 0 heterocycles. The molecular formula is C20H15Br. The average Bonchev–Trinajstić information content (AvgIpc) is 2.61. The monoisotopic (exact) mass is 334 g/mol. The van der Waals surface area contributed by atoms with Crippen LogP contribution in [0.1, 0.15) is 28.2 Å². The summed E-state index contributed by atoms with van der Waals surface area (Å²) >= 11 is 4.04. The summed E-state index contributed by atoms with van der Waals surface area (Å²) in [6.45, 7) is 4.34. The van der Waals surface area contributed by atoms with Crippen molar-refractivity contribution in [3.8, 4) is 0 Å². The van der Waals surface area contributed by atoms with E-state index in [1.807, 2.05) is 0 Å². The molecule has 0 unspecified atom stereocenters. The van der Waals surface area contributed by atoms with Gasteiger partial charge in [-0.15, -0.1) is 0 Å². The van der Waals surface area contributed by atoms with E-state index in [9.17, 15) is 0 Å². The Morgan fingerprint density at radius 2 is 1.43 bits per heavy atom. The van der Waals surface area contributed by atoms with Gasteiger partial charge in [0.05, 0.1) is 0 Å². The average molecular weight is 335 g/mol. The number of benzene rings is 2. The molecule has 0 amide bonds. The van der Waals surface area contributed by atoms with Crippen LogP contribution >= 0.6 is 15.9 Å².